The molecule has 0 aromatic carbocycles. The van der Waals surface area contributed by atoms with Crippen molar-refractivity contribution >= 4 is 12.2 Å². The molecule has 0 aromatic heterocycles. The molecule has 0 spiro atoms. The van der Waals surface area contributed by atoms with Gasteiger partial charge in [0, 0.05) is 26.2 Å². The minimum absolute atomic E-state index is 0.873. The number of piperazine rings is 1. The zero-order valence-corrected chi connectivity index (χ0v) is 7.81. The fourth-order valence-corrected chi connectivity index (χ4v) is 1.68. The molecule has 0 aromatic rings. The van der Waals surface area contributed by atoms with E-state index >= 15 is 0 Å². The van der Waals surface area contributed by atoms with Crippen molar-refractivity contribution in [3.05, 3.63) is 0 Å². The molecule has 0 amide bonds. The molecule has 1 aliphatic rings. The van der Waals surface area contributed by atoms with E-state index in [2.05, 4.69) is 11.8 Å². The van der Waals surface area contributed by atoms with Gasteiger partial charge in [-0.1, -0.05) is 6.92 Å². The molecule has 1 saturated heterocycles. The van der Waals surface area contributed by atoms with E-state index < -0.39 is 0 Å². The second-order valence-electron chi connectivity index (χ2n) is 2.85. The molecule has 0 bridgehead atoms. The summed E-state index contributed by atoms with van der Waals surface area (Å²) in [6, 6.07) is 0. The molecule has 1 rings (SSSR count). The molecule has 0 radical (unpaired) electrons. The first-order valence-electron chi connectivity index (χ1n) is 4.15. The molecule has 4 heteroatoms. The van der Waals surface area contributed by atoms with E-state index in [4.69, 9.17) is 4.55 Å². The quantitative estimate of drug-likeness (QED) is 0.515. The van der Waals surface area contributed by atoms with Crippen LogP contribution in [0.5, 0.6) is 0 Å². The molecule has 1 N–H and O–H groups in total. The Morgan fingerprint density at radius 2 is 1.91 bits per heavy atom. The summed E-state index contributed by atoms with van der Waals surface area (Å²) in [6.07, 6.45) is 1.23. The van der Waals surface area contributed by atoms with Crippen LogP contribution in [-0.4, -0.2) is 46.5 Å². The van der Waals surface area contributed by atoms with Crippen molar-refractivity contribution in [3.8, 4) is 0 Å². The summed E-state index contributed by atoms with van der Waals surface area (Å²) >= 11 is 0.873. The van der Waals surface area contributed by atoms with Gasteiger partial charge in [0.15, 0.2) is 0 Å². The molecule has 66 valence electrons. The first-order chi connectivity index (χ1) is 5.36. The lowest BCUT2D eigenvalue weighted by atomic mass is 10.3. The highest BCUT2D eigenvalue weighted by Gasteiger charge is 2.15. The lowest BCUT2D eigenvalue weighted by molar-refractivity contribution is 0.193. The normalized spacial score (nSPS) is 22.4. The zero-order valence-electron chi connectivity index (χ0n) is 6.99. The summed E-state index contributed by atoms with van der Waals surface area (Å²) < 4.78 is 10.7. The molecule has 0 aliphatic carbocycles. The van der Waals surface area contributed by atoms with Crippen LogP contribution in [0.15, 0.2) is 0 Å². The van der Waals surface area contributed by atoms with Crippen molar-refractivity contribution in [2.24, 2.45) is 0 Å². The molecule has 0 unspecified atom stereocenters. The highest BCUT2D eigenvalue weighted by atomic mass is 32.2. The van der Waals surface area contributed by atoms with Crippen molar-refractivity contribution in [3.63, 3.8) is 0 Å². The van der Waals surface area contributed by atoms with E-state index in [0.717, 1.165) is 38.4 Å². The molecular weight excluding hydrogens is 160 g/mol. The second-order valence-corrected chi connectivity index (χ2v) is 3.53. The number of nitrogens with zero attached hydrogens (tertiary/aromatic N) is 2. The molecular formula is C7H16N2OS. The third-order valence-corrected chi connectivity index (χ3v) is 2.58. The van der Waals surface area contributed by atoms with Gasteiger partial charge in [0.25, 0.3) is 0 Å². The van der Waals surface area contributed by atoms with Crippen molar-refractivity contribution in [2.45, 2.75) is 13.3 Å². The molecule has 0 saturated carbocycles. The monoisotopic (exact) mass is 176 g/mol. The maximum absolute atomic E-state index is 8.73. The van der Waals surface area contributed by atoms with E-state index in [1.165, 1.54) is 13.0 Å². The first kappa shape index (κ1) is 9.32. The molecule has 1 fully saturated rings. The zero-order chi connectivity index (χ0) is 8.10. The average Bonchev–Trinajstić information content (AvgIpc) is 2.07. The second kappa shape index (κ2) is 4.98. The summed E-state index contributed by atoms with van der Waals surface area (Å²) in [6.45, 7) is 7.57. The van der Waals surface area contributed by atoms with Gasteiger partial charge in [-0.25, -0.2) is 4.31 Å². The lowest BCUT2D eigenvalue weighted by Crippen LogP contribution is -2.43. The smallest absolute Gasteiger partial charge is 0.0791 e. The summed E-state index contributed by atoms with van der Waals surface area (Å²) in [5, 5.41) is 0. The molecule has 0 atom stereocenters. The third-order valence-electron chi connectivity index (χ3n) is 1.99. The van der Waals surface area contributed by atoms with Gasteiger partial charge in [0.1, 0.15) is 0 Å². The Morgan fingerprint density at radius 1 is 1.27 bits per heavy atom. The van der Waals surface area contributed by atoms with Gasteiger partial charge in [0.05, 0.1) is 12.2 Å². The van der Waals surface area contributed by atoms with E-state index in [1.54, 1.807) is 0 Å². The van der Waals surface area contributed by atoms with Crippen molar-refractivity contribution < 1.29 is 4.55 Å². The van der Waals surface area contributed by atoms with Gasteiger partial charge in [0.2, 0.25) is 0 Å². The highest BCUT2D eigenvalue weighted by Crippen LogP contribution is 2.09. The van der Waals surface area contributed by atoms with Gasteiger partial charge in [-0.15, -0.1) is 0 Å². The van der Waals surface area contributed by atoms with E-state index in [1.807, 2.05) is 4.31 Å². The Labute approximate surface area is 72.7 Å². The number of hydrogen-bond donors (Lipinski definition) is 1. The Bertz CT molecular complexity index is 105. The lowest BCUT2D eigenvalue weighted by Gasteiger charge is -2.31. The van der Waals surface area contributed by atoms with Crippen molar-refractivity contribution in [1.29, 1.82) is 0 Å². The molecule has 1 heterocycles. The van der Waals surface area contributed by atoms with Crippen LogP contribution in [0.1, 0.15) is 13.3 Å². The van der Waals surface area contributed by atoms with E-state index in [0.29, 0.717) is 0 Å². The summed E-state index contributed by atoms with van der Waals surface area (Å²) in [4.78, 5) is 2.44. The Morgan fingerprint density at radius 3 is 2.36 bits per heavy atom. The van der Waals surface area contributed by atoms with Crippen LogP contribution in [0, 0.1) is 0 Å². The Kier molecular flexibility index (Phi) is 4.22. The maximum Gasteiger partial charge on any atom is 0.0791 e. The molecule has 11 heavy (non-hydrogen) atoms. The largest absolute Gasteiger partial charge is 0.317 e. The van der Waals surface area contributed by atoms with Crippen LogP contribution in [-0.2, 0) is 0 Å². The minimum atomic E-state index is 0.873. The van der Waals surface area contributed by atoms with Crippen LogP contribution in [0.25, 0.3) is 0 Å². The number of hydrogen-bond acceptors (Lipinski definition) is 4. The highest BCUT2D eigenvalue weighted by molar-refractivity contribution is 7.91. The van der Waals surface area contributed by atoms with Crippen LogP contribution < -0.4 is 0 Å². The van der Waals surface area contributed by atoms with Gasteiger partial charge >= 0.3 is 0 Å². The average molecular weight is 176 g/mol. The van der Waals surface area contributed by atoms with E-state index in [-0.39, 0.29) is 0 Å². The first-order valence-corrected chi connectivity index (χ1v) is 4.88. The van der Waals surface area contributed by atoms with Gasteiger partial charge in [-0.3, -0.25) is 0 Å². The number of rotatable bonds is 3. The molecule has 1 aliphatic heterocycles. The predicted octanol–water partition coefficient (Wildman–Crippen LogP) is 1.14. The maximum atomic E-state index is 8.73. The minimum Gasteiger partial charge on any atom is -0.317 e. The van der Waals surface area contributed by atoms with Gasteiger partial charge in [-0.05, 0) is 13.0 Å². The Hall–Kier alpha value is 0.230. The van der Waals surface area contributed by atoms with Crippen LogP contribution in [0.4, 0.5) is 0 Å². The SMILES string of the molecule is CCCN1CCN(SO)CC1. The standard InChI is InChI=1S/C7H16N2OS/c1-2-3-8-4-6-9(11-10)7-5-8/h10H,2-7H2,1H3. The predicted molar refractivity (Wildman–Crippen MR) is 48.5 cm³/mol. The summed E-state index contributed by atoms with van der Waals surface area (Å²) in [5.74, 6) is 0. The topological polar surface area (TPSA) is 26.7 Å². The van der Waals surface area contributed by atoms with Crippen LogP contribution in [0.3, 0.4) is 0 Å². The summed E-state index contributed by atoms with van der Waals surface area (Å²) in [7, 11) is 0. The van der Waals surface area contributed by atoms with Crippen LogP contribution >= 0.6 is 12.2 Å². The third kappa shape index (κ3) is 2.99. The molecule has 3 nitrogen and oxygen atoms in total. The summed E-state index contributed by atoms with van der Waals surface area (Å²) in [5.41, 5.74) is 0. The van der Waals surface area contributed by atoms with Gasteiger partial charge < -0.3 is 9.45 Å². The fourth-order valence-electron chi connectivity index (χ4n) is 1.35. The van der Waals surface area contributed by atoms with Crippen LogP contribution in [0.2, 0.25) is 0 Å². The Balaban J connectivity index is 2.14. The van der Waals surface area contributed by atoms with Gasteiger partial charge in [-0.2, -0.15) is 0 Å². The van der Waals surface area contributed by atoms with Crippen molar-refractivity contribution in [2.75, 3.05) is 32.7 Å². The fraction of sp³-hybridized carbons (Fsp3) is 1.00. The van der Waals surface area contributed by atoms with E-state index in [9.17, 15) is 0 Å². The van der Waals surface area contributed by atoms with Crippen molar-refractivity contribution in [1.82, 2.24) is 9.21 Å².